The first-order valence-corrected chi connectivity index (χ1v) is 14.9. The maximum atomic E-state index is 13.8. The molecule has 0 N–H and O–H groups in total. The van der Waals surface area contributed by atoms with Gasteiger partial charge in [0.2, 0.25) is 0 Å². The van der Waals surface area contributed by atoms with Crippen LogP contribution in [0, 0.1) is 6.92 Å². The van der Waals surface area contributed by atoms with Crippen LogP contribution in [-0.2, 0) is 11.2 Å². The van der Waals surface area contributed by atoms with Crippen LogP contribution in [-0.4, -0.2) is 50.8 Å². The van der Waals surface area contributed by atoms with Crippen LogP contribution in [0.2, 0.25) is 0 Å². The van der Waals surface area contributed by atoms with Crippen molar-refractivity contribution in [2.24, 2.45) is 0 Å². The number of aromatic nitrogens is 3. The highest BCUT2D eigenvalue weighted by Gasteiger charge is 2.36. The van der Waals surface area contributed by atoms with Gasteiger partial charge in [0.1, 0.15) is 17.2 Å². The highest BCUT2D eigenvalue weighted by molar-refractivity contribution is 9.10. The molecule has 6 rings (SSSR count). The molecule has 2 aliphatic heterocycles. The van der Waals surface area contributed by atoms with Gasteiger partial charge in [-0.3, -0.25) is 9.59 Å². The molecule has 2 aromatic carbocycles. The van der Waals surface area contributed by atoms with Gasteiger partial charge in [-0.1, -0.05) is 37.1 Å². The molecule has 4 aromatic rings. The van der Waals surface area contributed by atoms with Crippen molar-refractivity contribution in [2.75, 3.05) is 18.0 Å². The van der Waals surface area contributed by atoms with E-state index in [0.29, 0.717) is 42.8 Å². The van der Waals surface area contributed by atoms with Crippen molar-refractivity contribution in [3.8, 4) is 0 Å². The lowest BCUT2D eigenvalue weighted by Gasteiger charge is -2.35. The van der Waals surface area contributed by atoms with Gasteiger partial charge in [-0.05, 0) is 80.6 Å². The number of hydrogen-bond donors (Lipinski definition) is 0. The Hall–Kier alpha value is -3.31. The van der Waals surface area contributed by atoms with Crippen LogP contribution < -0.4 is 10.5 Å². The number of anilines is 1. The summed E-state index contributed by atoms with van der Waals surface area (Å²) in [5, 5.41) is 9.39. The van der Waals surface area contributed by atoms with Gasteiger partial charge in [0.25, 0.3) is 11.8 Å². The molecule has 2 unspecified atom stereocenters. The molecule has 206 valence electrons. The minimum absolute atomic E-state index is 0.0154. The van der Waals surface area contributed by atoms with Gasteiger partial charge in [0.15, 0.2) is 0 Å². The quantitative estimate of drug-likeness (QED) is 0.263. The Morgan fingerprint density at radius 1 is 1.02 bits per heavy atom. The molecule has 2 saturated heterocycles. The molecule has 0 aliphatic carbocycles. The number of aryl methyl sites for hydroxylation is 1. The normalized spacial score (nSPS) is 19.5. The van der Waals surface area contributed by atoms with Gasteiger partial charge in [0.05, 0.1) is 5.69 Å². The summed E-state index contributed by atoms with van der Waals surface area (Å²) in [6.07, 6.45) is 5.58. The van der Waals surface area contributed by atoms with Gasteiger partial charge < -0.3 is 14.2 Å². The van der Waals surface area contributed by atoms with Gasteiger partial charge in [-0.2, -0.15) is 0 Å². The number of fused-ring (bicyclic) bond motifs is 1. The SMILES string of the molecule is Cc1c(C(=O)N2CCCCC2Cc2cn(C3CCN(c4ccc(Br)cc4)C3=O)nn2)c(=O)oc2ccc(Br)cc12. The van der Waals surface area contributed by atoms with Gasteiger partial charge in [-0.15, -0.1) is 5.10 Å². The van der Waals surface area contributed by atoms with E-state index in [1.807, 2.05) is 36.5 Å². The molecule has 2 amide bonds. The summed E-state index contributed by atoms with van der Waals surface area (Å²) in [6, 6.07) is 12.5. The molecule has 9 nitrogen and oxygen atoms in total. The minimum atomic E-state index is -0.623. The van der Waals surface area contributed by atoms with Crippen molar-refractivity contribution in [3.05, 3.63) is 84.8 Å². The number of rotatable bonds is 5. The number of piperidine rings is 1. The lowest BCUT2D eigenvalue weighted by Crippen LogP contribution is -2.46. The number of hydrogen-bond acceptors (Lipinski definition) is 6. The summed E-state index contributed by atoms with van der Waals surface area (Å²) >= 11 is 6.90. The zero-order valence-corrected chi connectivity index (χ0v) is 25.0. The van der Waals surface area contributed by atoms with Crippen LogP contribution in [0.5, 0.6) is 0 Å². The van der Waals surface area contributed by atoms with E-state index in [0.717, 1.165) is 39.3 Å². The summed E-state index contributed by atoms with van der Waals surface area (Å²) in [5.74, 6) is -0.334. The topological polar surface area (TPSA) is 102 Å². The van der Waals surface area contributed by atoms with Crippen molar-refractivity contribution in [2.45, 2.75) is 51.1 Å². The maximum absolute atomic E-state index is 13.8. The number of likely N-dealkylation sites (tertiary alicyclic amines) is 1. The van der Waals surface area contributed by atoms with Crippen LogP contribution in [0.15, 0.2) is 66.8 Å². The predicted molar refractivity (Wildman–Crippen MR) is 157 cm³/mol. The van der Waals surface area contributed by atoms with E-state index in [-0.39, 0.29) is 23.4 Å². The van der Waals surface area contributed by atoms with E-state index >= 15 is 0 Å². The Morgan fingerprint density at radius 3 is 2.60 bits per heavy atom. The Kier molecular flexibility index (Phi) is 7.35. The number of amides is 2. The Labute approximate surface area is 247 Å². The van der Waals surface area contributed by atoms with E-state index in [4.69, 9.17) is 4.42 Å². The zero-order valence-electron chi connectivity index (χ0n) is 21.8. The fourth-order valence-corrected chi connectivity index (χ4v) is 6.41. The van der Waals surface area contributed by atoms with Gasteiger partial charge in [0, 0.05) is 51.8 Å². The standard InChI is InChI=1S/C29H27Br2N5O4/c1-17-23-14-19(31)7-10-25(23)40-29(39)26(17)28(38)34-12-3-2-4-22(34)15-20-16-36(33-32-20)24-11-13-35(27(24)37)21-8-5-18(30)6-9-21/h5-10,14,16,22,24H,2-4,11-13,15H2,1H3. The molecule has 0 spiro atoms. The molecular weight excluding hydrogens is 642 g/mol. The third-order valence-corrected chi connectivity index (χ3v) is 8.89. The second-order valence-electron chi connectivity index (χ2n) is 10.3. The summed E-state index contributed by atoms with van der Waals surface area (Å²) in [6.45, 7) is 2.95. The molecular formula is C29H27Br2N5O4. The van der Waals surface area contributed by atoms with Crippen LogP contribution in [0.3, 0.4) is 0 Å². The smallest absolute Gasteiger partial charge is 0.349 e. The summed E-state index contributed by atoms with van der Waals surface area (Å²) in [7, 11) is 0. The summed E-state index contributed by atoms with van der Waals surface area (Å²) < 4.78 is 8.97. The Morgan fingerprint density at radius 2 is 1.80 bits per heavy atom. The van der Waals surface area contributed by atoms with Crippen LogP contribution in [0.25, 0.3) is 11.0 Å². The molecule has 2 aliphatic rings. The summed E-state index contributed by atoms with van der Waals surface area (Å²) in [5.41, 5.74) is 2.09. The second-order valence-corrected chi connectivity index (χ2v) is 12.2. The van der Waals surface area contributed by atoms with Crippen LogP contribution >= 0.6 is 31.9 Å². The highest BCUT2D eigenvalue weighted by atomic mass is 79.9. The monoisotopic (exact) mass is 667 g/mol. The highest BCUT2D eigenvalue weighted by Crippen LogP contribution is 2.30. The maximum Gasteiger partial charge on any atom is 0.349 e. The van der Waals surface area contributed by atoms with Crippen molar-refractivity contribution >= 4 is 60.3 Å². The molecule has 11 heteroatoms. The lowest BCUT2D eigenvalue weighted by atomic mass is 9.96. The van der Waals surface area contributed by atoms with Crippen molar-refractivity contribution in [1.82, 2.24) is 19.9 Å². The number of nitrogens with zero attached hydrogens (tertiary/aromatic N) is 5. The number of benzene rings is 2. The molecule has 0 saturated carbocycles. The molecule has 0 bridgehead atoms. The van der Waals surface area contributed by atoms with Crippen molar-refractivity contribution < 1.29 is 14.0 Å². The molecule has 4 heterocycles. The minimum Gasteiger partial charge on any atom is -0.422 e. The predicted octanol–water partition coefficient (Wildman–Crippen LogP) is 5.43. The first kappa shape index (κ1) is 26.9. The van der Waals surface area contributed by atoms with Gasteiger partial charge in [-0.25, -0.2) is 9.48 Å². The third kappa shape index (κ3) is 5.01. The first-order chi connectivity index (χ1) is 19.3. The van der Waals surface area contributed by atoms with E-state index in [2.05, 4.69) is 42.2 Å². The van der Waals surface area contributed by atoms with Crippen molar-refractivity contribution in [3.63, 3.8) is 0 Å². The van der Waals surface area contributed by atoms with Crippen LogP contribution in [0.1, 0.15) is 53.3 Å². The average molecular weight is 669 g/mol. The van der Waals surface area contributed by atoms with Gasteiger partial charge >= 0.3 is 5.63 Å². The number of halogens is 2. The molecule has 2 atom stereocenters. The van der Waals surface area contributed by atoms with Crippen molar-refractivity contribution in [1.29, 1.82) is 0 Å². The van der Waals surface area contributed by atoms with E-state index in [1.165, 1.54) is 0 Å². The first-order valence-electron chi connectivity index (χ1n) is 13.3. The largest absolute Gasteiger partial charge is 0.422 e. The fourth-order valence-electron chi connectivity index (χ4n) is 5.78. The molecule has 2 fully saturated rings. The van der Waals surface area contributed by atoms with E-state index in [1.54, 1.807) is 33.5 Å². The number of carbonyl (C=O) groups is 2. The van der Waals surface area contributed by atoms with E-state index in [9.17, 15) is 14.4 Å². The zero-order chi connectivity index (χ0) is 28.0. The third-order valence-electron chi connectivity index (χ3n) is 7.87. The second kappa shape index (κ2) is 10.9. The molecule has 0 radical (unpaired) electrons. The fraction of sp³-hybridized carbons (Fsp3) is 0.345. The average Bonchev–Trinajstić information content (AvgIpc) is 3.56. The van der Waals surface area contributed by atoms with Crippen LogP contribution in [0.4, 0.5) is 5.69 Å². The molecule has 2 aromatic heterocycles. The summed E-state index contributed by atoms with van der Waals surface area (Å²) in [4.78, 5) is 43.5. The Balaban J connectivity index is 1.21. The molecule has 40 heavy (non-hydrogen) atoms. The Bertz CT molecular complexity index is 1670. The van der Waals surface area contributed by atoms with E-state index < -0.39 is 11.7 Å². The number of carbonyl (C=O) groups excluding carboxylic acids is 2. The lowest BCUT2D eigenvalue weighted by molar-refractivity contribution is -0.120.